The largest absolute Gasteiger partial charge is 0.353 e. The van der Waals surface area contributed by atoms with Gasteiger partial charge in [0.1, 0.15) is 5.82 Å². The maximum Gasteiger partial charge on any atom is 0.203 e. The SMILES string of the molecule is Cc1nsc(NC(CC2CCC2)c2ccccc2)n1. The Balaban J connectivity index is 1.75. The molecule has 4 heteroatoms. The highest BCUT2D eigenvalue weighted by Crippen LogP contribution is 2.36. The quantitative estimate of drug-likeness (QED) is 0.887. The number of aryl methyl sites for hydroxylation is 1. The number of hydrogen-bond donors (Lipinski definition) is 1. The summed E-state index contributed by atoms with van der Waals surface area (Å²) in [5, 5.41) is 4.50. The van der Waals surface area contributed by atoms with E-state index in [2.05, 4.69) is 45.0 Å². The molecule has 1 aromatic heterocycles. The van der Waals surface area contributed by atoms with Crippen molar-refractivity contribution in [2.75, 3.05) is 5.32 Å². The van der Waals surface area contributed by atoms with Crippen LogP contribution in [0.15, 0.2) is 30.3 Å². The van der Waals surface area contributed by atoms with E-state index in [9.17, 15) is 0 Å². The van der Waals surface area contributed by atoms with Gasteiger partial charge in [0.25, 0.3) is 0 Å². The molecule has 2 aromatic rings. The third kappa shape index (κ3) is 3.13. The summed E-state index contributed by atoms with van der Waals surface area (Å²) in [7, 11) is 0. The summed E-state index contributed by atoms with van der Waals surface area (Å²) in [6.45, 7) is 1.94. The maximum atomic E-state index is 4.42. The molecule has 19 heavy (non-hydrogen) atoms. The molecule has 1 aliphatic carbocycles. The van der Waals surface area contributed by atoms with Crippen LogP contribution in [-0.2, 0) is 0 Å². The predicted molar refractivity (Wildman–Crippen MR) is 79.4 cm³/mol. The van der Waals surface area contributed by atoms with Gasteiger partial charge in [-0.3, -0.25) is 0 Å². The van der Waals surface area contributed by atoms with Crippen LogP contribution in [0.4, 0.5) is 5.13 Å². The minimum Gasteiger partial charge on any atom is -0.353 e. The van der Waals surface area contributed by atoms with Crippen molar-refractivity contribution in [3.05, 3.63) is 41.7 Å². The van der Waals surface area contributed by atoms with Crippen molar-refractivity contribution in [2.45, 2.75) is 38.6 Å². The van der Waals surface area contributed by atoms with Crippen molar-refractivity contribution < 1.29 is 0 Å². The zero-order valence-corrected chi connectivity index (χ0v) is 12.0. The molecular formula is C15H19N3S. The van der Waals surface area contributed by atoms with Crippen LogP contribution in [0.2, 0.25) is 0 Å². The molecule has 1 fully saturated rings. The van der Waals surface area contributed by atoms with E-state index in [-0.39, 0.29) is 0 Å². The highest BCUT2D eigenvalue weighted by Gasteiger charge is 2.23. The van der Waals surface area contributed by atoms with Crippen LogP contribution >= 0.6 is 11.5 Å². The molecular weight excluding hydrogens is 254 g/mol. The molecule has 0 bridgehead atoms. The molecule has 3 rings (SSSR count). The van der Waals surface area contributed by atoms with Gasteiger partial charge in [0.2, 0.25) is 5.13 Å². The third-order valence-corrected chi connectivity index (χ3v) is 4.56. The zero-order chi connectivity index (χ0) is 13.1. The minimum absolute atomic E-state index is 0.360. The Bertz CT molecular complexity index is 519. The van der Waals surface area contributed by atoms with Gasteiger partial charge in [-0.1, -0.05) is 49.6 Å². The van der Waals surface area contributed by atoms with Gasteiger partial charge in [0.05, 0.1) is 6.04 Å². The van der Waals surface area contributed by atoms with E-state index in [1.165, 1.54) is 42.8 Å². The smallest absolute Gasteiger partial charge is 0.203 e. The normalized spacial score (nSPS) is 16.9. The molecule has 1 atom stereocenters. The molecule has 1 unspecified atom stereocenters. The molecule has 3 nitrogen and oxygen atoms in total. The van der Waals surface area contributed by atoms with Crippen molar-refractivity contribution in [2.24, 2.45) is 5.92 Å². The van der Waals surface area contributed by atoms with Crippen LogP contribution in [0.5, 0.6) is 0 Å². The van der Waals surface area contributed by atoms with Crippen molar-refractivity contribution in [1.82, 2.24) is 9.36 Å². The number of benzene rings is 1. The number of nitrogens with zero attached hydrogens (tertiary/aromatic N) is 2. The summed E-state index contributed by atoms with van der Waals surface area (Å²) in [6, 6.07) is 11.0. The van der Waals surface area contributed by atoms with Gasteiger partial charge in [-0.15, -0.1) is 0 Å². The standard InChI is InChI=1S/C15H19N3S/c1-11-16-15(19-18-11)17-14(10-12-6-5-7-12)13-8-3-2-4-9-13/h2-4,8-9,12,14H,5-7,10H2,1H3,(H,16,17,18). The van der Waals surface area contributed by atoms with Gasteiger partial charge in [-0.05, 0) is 24.8 Å². The highest BCUT2D eigenvalue weighted by atomic mass is 32.1. The lowest BCUT2D eigenvalue weighted by Gasteiger charge is -2.30. The molecule has 0 amide bonds. The highest BCUT2D eigenvalue weighted by molar-refractivity contribution is 7.09. The summed E-state index contributed by atoms with van der Waals surface area (Å²) in [4.78, 5) is 4.42. The van der Waals surface area contributed by atoms with E-state index in [4.69, 9.17) is 0 Å². The predicted octanol–water partition coefficient (Wildman–Crippen LogP) is 4.19. The molecule has 1 aromatic carbocycles. The van der Waals surface area contributed by atoms with Crippen LogP contribution in [-0.4, -0.2) is 9.36 Å². The molecule has 0 radical (unpaired) electrons. The molecule has 0 spiro atoms. The van der Waals surface area contributed by atoms with Crippen molar-refractivity contribution in [3.63, 3.8) is 0 Å². The van der Waals surface area contributed by atoms with Gasteiger partial charge in [0, 0.05) is 11.5 Å². The number of rotatable bonds is 5. The van der Waals surface area contributed by atoms with E-state index < -0.39 is 0 Å². The lowest BCUT2D eigenvalue weighted by atomic mass is 9.79. The topological polar surface area (TPSA) is 37.8 Å². The van der Waals surface area contributed by atoms with Crippen molar-refractivity contribution >= 4 is 16.7 Å². The van der Waals surface area contributed by atoms with E-state index in [0.29, 0.717) is 6.04 Å². The van der Waals surface area contributed by atoms with E-state index in [1.54, 1.807) is 0 Å². The minimum atomic E-state index is 0.360. The van der Waals surface area contributed by atoms with Crippen LogP contribution in [0.1, 0.15) is 43.1 Å². The van der Waals surface area contributed by atoms with Crippen molar-refractivity contribution in [1.29, 1.82) is 0 Å². The molecule has 0 aliphatic heterocycles. The van der Waals surface area contributed by atoms with Crippen LogP contribution in [0.25, 0.3) is 0 Å². The molecule has 1 saturated carbocycles. The van der Waals surface area contributed by atoms with Crippen LogP contribution < -0.4 is 5.32 Å². The molecule has 1 aliphatic rings. The fraction of sp³-hybridized carbons (Fsp3) is 0.467. The Morgan fingerprint density at radius 1 is 1.32 bits per heavy atom. The average Bonchev–Trinajstić information content (AvgIpc) is 2.79. The molecule has 0 saturated heterocycles. The van der Waals surface area contributed by atoms with Gasteiger partial charge in [0.15, 0.2) is 0 Å². The number of nitrogens with one attached hydrogen (secondary N) is 1. The Labute approximate surface area is 118 Å². The first kappa shape index (κ1) is 12.6. The molecule has 1 heterocycles. The van der Waals surface area contributed by atoms with Gasteiger partial charge < -0.3 is 5.32 Å². The number of anilines is 1. The van der Waals surface area contributed by atoms with Gasteiger partial charge >= 0.3 is 0 Å². The second-order valence-electron chi connectivity index (χ2n) is 5.29. The lowest BCUT2D eigenvalue weighted by Crippen LogP contribution is -2.19. The van der Waals surface area contributed by atoms with Crippen LogP contribution in [0.3, 0.4) is 0 Å². The zero-order valence-electron chi connectivity index (χ0n) is 11.2. The maximum absolute atomic E-state index is 4.42. The Kier molecular flexibility index (Phi) is 3.78. The Morgan fingerprint density at radius 3 is 2.68 bits per heavy atom. The van der Waals surface area contributed by atoms with Gasteiger partial charge in [-0.2, -0.15) is 4.37 Å². The summed E-state index contributed by atoms with van der Waals surface area (Å²) >= 11 is 1.45. The van der Waals surface area contributed by atoms with E-state index >= 15 is 0 Å². The first-order chi connectivity index (χ1) is 9.31. The average molecular weight is 273 g/mol. The summed E-state index contributed by atoms with van der Waals surface area (Å²) in [6.07, 6.45) is 5.34. The molecule has 1 N–H and O–H groups in total. The lowest BCUT2D eigenvalue weighted by molar-refractivity contribution is 0.282. The molecule has 100 valence electrons. The number of hydrogen-bond acceptors (Lipinski definition) is 4. The van der Waals surface area contributed by atoms with E-state index in [0.717, 1.165) is 16.9 Å². The fourth-order valence-corrected chi connectivity index (χ4v) is 3.16. The summed E-state index contributed by atoms with van der Waals surface area (Å²) in [5.41, 5.74) is 1.35. The second kappa shape index (κ2) is 5.70. The second-order valence-corrected chi connectivity index (χ2v) is 6.04. The monoisotopic (exact) mass is 273 g/mol. The van der Waals surface area contributed by atoms with Crippen LogP contribution in [0, 0.1) is 12.8 Å². The Morgan fingerprint density at radius 2 is 2.11 bits per heavy atom. The fourth-order valence-electron chi connectivity index (χ4n) is 2.53. The van der Waals surface area contributed by atoms with Gasteiger partial charge in [-0.25, -0.2) is 4.98 Å². The van der Waals surface area contributed by atoms with E-state index in [1.807, 2.05) is 6.92 Å². The van der Waals surface area contributed by atoms with Crippen molar-refractivity contribution in [3.8, 4) is 0 Å². The summed E-state index contributed by atoms with van der Waals surface area (Å²) < 4.78 is 4.24. The third-order valence-electron chi connectivity index (χ3n) is 3.82. The first-order valence-corrected chi connectivity index (χ1v) is 7.70. The summed E-state index contributed by atoms with van der Waals surface area (Å²) in [5.74, 6) is 1.72. The first-order valence-electron chi connectivity index (χ1n) is 6.93. The Hall–Kier alpha value is -1.42. The number of aromatic nitrogens is 2.